The van der Waals surface area contributed by atoms with Crippen LogP contribution in [0.2, 0.25) is 0 Å². The van der Waals surface area contributed by atoms with E-state index in [1.807, 2.05) is 30.3 Å². The van der Waals surface area contributed by atoms with Crippen molar-refractivity contribution in [2.45, 2.75) is 52.4 Å². The molecule has 0 aromatic heterocycles. The minimum Gasteiger partial charge on any atom is -0.300 e. The minimum atomic E-state index is -0.350. The maximum absolute atomic E-state index is 12.1. The highest BCUT2D eigenvalue weighted by molar-refractivity contribution is 6.03. The Morgan fingerprint density at radius 1 is 1.11 bits per heavy atom. The third-order valence-electron chi connectivity index (χ3n) is 4.65. The molecule has 0 aliphatic carbocycles. The summed E-state index contributed by atoms with van der Waals surface area (Å²) in [5.41, 5.74) is 4.17. The van der Waals surface area contributed by atoms with E-state index in [0.29, 0.717) is 12.8 Å². The van der Waals surface area contributed by atoms with E-state index in [9.17, 15) is 19.2 Å². The Labute approximate surface area is 165 Å². The Hall–Kier alpha value is -2.83. The fourth-order valence-electron chi connectivity index (χ4n) is 3.04. The lowest BCUT2D eigenvalue weighted by Gasteiger charge is -2.13. The lowest BCUT2D eigenvalue weighted by Crippen LogP contribution is -2.34. The molecule has 0 bridgehead atoms. The van der Waals surface area contributed by atoms with Gasteiger partial charge in [-0.1, -0.05) is 37.3 Å². The molecule has 1 heterocycles. The molecule has 28 heavy (non-hydrogen) atoms. The van der Waals surface area contributed by atoms with Crippen molar-refractivity contribution in [1.29, 1.82) is 0 Å². The summed E-state index contributed by atoms with van der Waals surface area (Å²) in [5.74, 6) is -0.960. The van der Waals surface area contributed by atoms with Gasteiger partial charge in [0.25, 0.3) is 0 Å². The molecule has 0 spiro atoms. The molecule has 1 aliphatic heterocycles. The summed E-state index contributed by atoms with van der Waals surface area (Å²) < 4.78 is 0. The molecular weight excluding hydrogens is 358 g/mol. The van der Waals surface area contributed by atoms with E-state index < -0.39 is 0 Å². The van der Waals surface area contributed by atoms with Crippen LogP contribution in [0.1, 0.15) is 57.9 Å². The van der Waals surface area contributed by atoms with Gasteiger partial charge < -0.3 is 4.79 Å². The molecule has 2 rings (SSSR count). The van der Waals surface area contributed by atoms with Gasteiger partial charge >= 0.3 is 0 Å². The van der Waals surface area contributed by atoms with Crippen molar-refractivity contribution in [2.24, 2.45) is 11.0 Å². The molecule has 1 N–H and O–H groups in total. The first kappa shape index (κ1) is 21.5. The molecule has 1 atom stereocenters. The Morgan fingerprint density at radius 3 is 2.39 bits per heavy atom. The molecule has 0 radical (unpaired) electrons. The van der Waals surface area contributed by atoms with Gasteiger partial charge in [-0.15, -0.1) is 0 Å². The second-order valence-corrected chi connectivity index (χ2v) is 7.11. The van der Waals surface area contributed by atoms with Gasteiger partial charge in [0, 0.05) is 31.7 Å². The van der Waals surface area contributed by atoms with Crippen LogP contribution in [0.3, 0.4) is 0 Å². The molecule has 1 aliphatic rings. The number of likely N-dealkylation sites (tertiary alicyclic amines) is 1. The van der Waals surface area contributed by atoms with E-state index in [1.165, 1.54) is 0 Å². The number of hydrogen-bond acceptors (Lipinski definition) is 5. The summed E-state index contributed by atoms with van der Waals surface area (Å²) in [6.07, 6.45) is 2.95. The number of Topliss-reactive ketones (excluding diaryl/α,β-unsaturated/α-hetero) is 1. The Morgan fingerprint density at radius 2 is 1.79 bits per heavy atom. The number of imide groups is 1. The molecule has 0 saturated carbocycles. The molecule has 1 fully saturated rings. The molecule has 7 nitrogen and oxygen atoms in total. The largest absolute Gasteiger partial charge is 0.300 e. The van der Waals surface area contributed by atoms with Crippen LogP contribution in [0.5, 0.6) is 0 Å². The fraction of sp³-hybridized carbons (Fsp3) is 0.476. The van der Waals surface area contributed by atoms with Crippen LogP contribution in [0.15, 0.2) is 35.4 Å². The van der Waals surface area contributed by atoms with E-state index in [2.05, 4.69) is 10.5 Å². The number of benzene rings is 1. The number of nitrogens with one attached hydrogen (secondary N) is 1. The molecule has 7 heteroatoms. The second kappa shape index (κ2) is 10.5. The molecule has 150 valence electrons. The number of carbonyl (C=O) groups is 4. The van der Waals surface area contributed by atoms with Crippen LogP contribution in [0, 0.1) is 5.92 Å². The number of hydrazone groups is 1. The number of hydrogen-bond donors (Lipinski definition) is 1. The molecule has 1 unspecified atom stereocenters. The van der Waals surface area contributed by atoms with Crippen molar-refractivity contribution in [3.05, 3.63) is 35.9 Å². The van der Waals surface area contributed by atoms with Gasteiger partial charge in [-0.25, -0.2) is 5.43 Å². The van der Waals surface area contributed by atoms with Gasteiger partial charge in [-0.3, -0.25) is 19.3 Å². The van der Waals surface area contributed by atoms with Crippen LogP contribution in [0.25, 0.3) is 0 Å². The summed E-state index contributed by atoms with van der Waals surface area (Å²) in [5, 5.41) is 4.25. The quantitative estimate of drug-likeness (QED) is 0.290. The highest BCUT2D eigenvalue weighted by atomic mass is 16.2. The molecular formula is C21H27N3O4. The van der Waals surface area contributed by atoms with Gasteiger partial charge in [0.2, 0.25) is 17.7 Å². The smallest absolute Gasteiger partial charge is 0.241 e. The van der Waals surface area contributed by atoms with Gasteiger partial charge in [0.1, 0.15) is 5.78 Å². The van der Waals surface area contributed by atoms with Crippen molar-refractivity contribution in [3.63, 3.8) is 0 Å². The first-order valence-electron chi connectivity index (χ1n) is 9.63. The fourth-order valence-corrected chi connectivity index (χ4v) is 3.04. The van der Waals surface area contributed by atoms with E-state index >= 15 is 0 Å². The average Bonchev–Trinajstić information content (AvgIpc) is 2.91. The van der Waals surface area contributed by atoms with Crippen molar-refractivity contribution in [1.82, 2.24) is 10.3 Å². The number of nitrogens with zero attached hydrogens (tertiary/aromatic N) is 2. The second-order valence-electron chi connectivity index (χ2n) is 7.11. The molecule has 3 amide bonds. The third kappa shape index (κ3) is 6.40. The van der Waals surface area contributed by atoms with E-state index in [0.717, 1.165) is 29.0 Å². The van der Waals surface area contributed by atoms with E-state index in [1.54, 1.807) is 13.8 Å². The predicted octanol–water partition coefficient (Wildman–Crippen LogP) is 2.44. The zero-order valence-corrected chi connectivity index (χ0v) is 16.4. The average molecular weight is 385 g/mol. The highest BCUT2D eigenvalue weighted by Gasteiger charge is 2.35. The normalized spacial score (nSPS) is 17.1. The van der Waals surface area contributed by atoms with Gasteiger partial charge in [0.15, 0.2) is 0 Å². The number of unbranched alkanes of at least 4 members (excludes halogenated alkanes) is 1. The maximum Gasteiger partial charge on any atom is 0.241 e. The number of ketones is 1. The van der Waals surface area contributed by atoms with Gasteiger partial charge in [-0.2, -0.15) is 5.10 Å². The Bertz CT molecular complexity index is 758. The minimum absolute atomic E-state index is 0.0140. The van der Waals surface area contributed by atoms with Crippen LogP contribution in [-0.2, 0) is 19.2 Å². The zero-order valence-electron chi connectivity index (χ0n) is 16.4. The Balaban J connectivity index is 1.91. The lowest BCUT2D eigenvalue weighted by molar-refractivity contribution is -0.139. The maximum atomic E-state index is 12.1. The number of rotatable bonds is 10. The van der Waals surface area contributed by atoms with E-state index in [4.69, 9.17) is 0 Å². The van der Waals surface area contributed by atoms with Crippen molar-refractivity contribution in [2.75, 3.05) is 6.54 Å². The van der Waals surface area contributed by atoms with Crippen molar-refractivity contribution in [3.8, 4) is 0 Å². The first-order chi connectivity index (χ1) is 13.4. The van der Waals surface area contributed by atoms with Crippen molar-refractivity contribution >= 4 is 29.2 Å². The SMILES string of the molecule is CC(=O)CCCC/C(=N/NC(=O)CCN1C(=O)CC(C)C1=O)c1ccccc1. The molecule has 1 aromatic rings. The number of carbonyl (C=O) groups excluding carboxylic acids is 4. The summed E-state index contributed by atoms with van der Waals surface area (Å²) >= 11 is 0. The summed E-state index contributed by atoms with van der Waals surface area (Å²) in [4.78, 5) is 48.0. The summed E-state index contributed by atoms with van der Waals surface area (Å²) in [6, 6.07) is 9.53. The van der Waals surface area contributed by atoms with Crippen molar-refractivity contribution < 1.29 is 19.2 Å². The topological polar surface area (TPSA) is 95.9 Å². The summed E-state index contributed by atoms with van der Waals surface area (Å²) in [7, 11) is 0. The monoisotopic (exact) mass is 385 g/mol. The van der Waals surface area contributed by atoms with E-state index in [-0.39, 0.29) is 48.8 Å². The highest BCUT2D eigenvalue weighted by Crippen LogP contribution is 2.18. The summed E-state index contributed by atoms with van der Waals surface area (Å²) in [6.45, 7) is 3.36. The van der Waals surface area contributed by atoms with Gasteiger partial charge in [-0.05, 0) is 31.7 Å². The molecule has 1 aromatic carbocycles. The lowest BCUT2D eigenvalue weighted by atomic mass is 10.0. The van der Waals surface area contributed by atoms with Crippen LogP contribution in [-0.4, -0.2) is 40.7 Å². The van der Waals surface area contributed by atoms with Crippen LogP contribution >= 0.6 is 0 Å². The predicted molar refractivity (Wildman–Crippen MR) is 105 cm³/mol. The zero-order chi connectivity index (χ0) is 20.5. The van der Waals surface area contributed by atoms with Crippen LogP contribution in [0.4, 0.5) is 0 Å². The number of amides is 3. The Kier molecular flexibility index (Phi) is 8.04. The first-order valence-corrected chi connectivity index (χ1v) is 9.63. The van der Waals surface area contributed by atoms with Crippen LogP contribution < -0.4 is 5.43 Å². The van der Waals surface area contributed by atoms with Gasteiger partial charge in [0.05, 0.1) is 5.71 Å². The third-order valence-corrected chi connectivity index (χ3v) is 4.65. The molecule has 1 saturated heterocycles. The standard InChI is InChI=1S/C21H27N3O4/c1-15-14-20(27)24(21(15)28)13-12-19(26)23-22-18(11-7-6-8-16(2)25)17-9-4-3-5-10-17/h3-5,9-10,15H,6-8,11-14H2,1-2H3,(H,23,26)/b22-18-.